The Morgan fingerprint density at radius 2 is 2.20 bits per heavy atom. The highest BCUT2D eigenvalue weighted by Gasteiger charge is 2.20. The number of aryl methyl sites for hydroxylation is 2. The van der Waals surface area contributed by atoms with Crippen LogP contribution in [-0.4, -0.2) is 10.6 Å². The molecule has 0 aliphatic rings. The molecule has 20 heavy (non-hydrogen) atoms. The van der Waals surface area contributed by atoms with Gasteiger partial charge in [0.25, 0.3) is 0 Å². The van der Waals surface area contributed by atoms with Crippen molar-refractivity contribution in [1.82, 2.24) is 4.68 Å². The summed E-state index contributed by atoms with van der Waals surface area (Å²) < 4.78 is 4.40. The number of hydrogen-bond donors (Lipinski definition) is 1. The zero-order valence-electron chi connectivity index (χ0n) is 12.7. The zero-order chi connectivity index (χ0) is 14.9. The SMILES string of the molecule is C=Cc1cc2c(C)n(C)[n+](CCC)c2cc1NC(C)=O. The Balaban J connectivity index is 2.74. The largest absolute Gasteiger partial charge is 0.326 e. The first-order chi connectivity index (χ1) is 9.49. The molecular weight excluding hydrogens is 250 g/mol. The summed E-state index contributed by atoms with van der Waals surface area (Å²) >= 11 is 0. The van der Waals surface area contributed by atoms with Crippen LogP contribution >= 0.6 is 0 Å². The second-order valence-electron chi connectivity index (χ2n) is 5.07. The van der Waals surface area contributed by atoms with Crippen molar-refractivity contribution in [3.8, 4) is 0 Å². The van der Waals surface area contributed by atoms with Gasteiger partial charge in [-0.25, -0.2) is 0 Å². The average molecular weight is 272 g/mol. The Labute approximate surface area is 119 Å². The summed E-state index contributed by atoms with van der Waals surface area (Å²) in [6, 6.07) is 4.13. The minimum Gasteiger partial charge on any atom is -0.326 e. The summed E-state index contributed by atoms with van der Waals surface area (Å²) in [5.41, 5.74) is 4.12. The molecule has 0 radical (unpaired) electrons. The molecule has 1 amide bonds. The lowest BCUT2D eigenvalue weighted by molar-refractivity contribution is -0.751. The number of amides is 1. The Kier molecular flexibility index (Phi) is 3.93. The number of carbonyl (C=O) groups excluding carboxylic acids is 1. The molecule has 0 aliphatic heterocycles. The van der Waals surface area contributed by atoms with E-state index in [2.05, 4.69) is 48.2 Å². The fraction of sp³-hybridized carbons (Fsp3) is 0.375. The van der Waals surface area contributed by atoms with Gasteiger partial charge in [0.05, 0.1) is 23.8 Å². The van der Waals surface area contributed by atoms with E-state index >= 15 is 0 Å². The maximum absolute atomic E-state index is 11.3. The van der Waals surface area contributed by atoms with Crippen molar-refractivity contribution in [2.45, 2.75) is 33.7 Å². The van der Waals surface area contributed by atoms with Crippen LogP contribution in [0.25, 0.3) is 17.0 Å². The fourth-order valence-corrected chi connectivity index (χ4v) is 2.57. The first kappa shape index (κ1) is 14.3. The van der Waals surface area contributed by atoms with Gasteiger partial charge in [-0.2, -0.15) is 4.68 Å². The fourth-order valence-electron chi connectivity index (χ4n) is 2.57. The molecular formula is C16H22N3O+. The Morgan fingerprint density at radius 3 is 2.75 bits per heavy atom. The Hall–Kier alpha value is -2.10. The second-order valence-corrected chi connectivity index (χ2v) is 5.07. The van der Waals surface area contributed by atoms with Crippen molar-refractivity contribution in [2.75, 3.05) is 5.32 Å². The summed E-state index contributed by atoms with van der Waals surface area (Å²) in [5, 5.41) is 4.08. The lowest BCUT2D eigenvalue weighted by Crippen LogP contribution is -2.42. The van der Waals surface area contributed by atoms with Crippen LogP contribution in [-0.2, 0) is 18.4 Å². The molecule has 1 N–H and O–H groups in total. The van der Waals surface area contributed by atoms with E-state index in [1.165, 1.54) is 18.0 Å². The van der Waals surface area contributed by atoms with Crippen LogP contribution in [0.2, 0.25) is 0 Å². The molecule has 2 rings (SSSR count). The van der Waals surface area contributed by atoms with E-state index in [1.807, 2.05) is 6.07 Å². The van der Waals surface area contributed by atoms with Crippen molar-refractivity contribution in [2.24, 2.45) is 7.05 Å². The number of nitrogens with one attached hydrogen (secondary N) is 1. The highest BCUT2D eigenvalue weighted by molar-refractivity contribution is 5.95. The second kappa shape index (κ2) is 5.49. The van der Waals surface area contributed by atoms with E-state index in [1.54, 1.807) is 6.08 Å². The minimum absolute atomic E-state index is 0.0675. The molecule has 2 aromatic rings. The lowest BCUT2D eigenvalue weighted by Gasteiger charge is -2.05. The van der Waals surface area contributed by atoms with Crippen LogP contribution in [0, 0.1) is 6.92 Å². The van der Waals surface area contributed by atoms with Crippen molar-refractivity contribution < 1.29 is 9.48 Å². The van der Waals surface area contributed by atoms with E-state index < -0.39 is 0 Å². The van der Waals surface area contributed by atoms with Crippen molar-refractivity contribution in [1.29, 1.82) is 0 Å². The minimum atomic E-state index is -0.0675. The van der Waals surface area contributed by atoms with Crippen LogP contribution in [0.3, 0.4) is 0 Å². The molecule has 0 atom stereocenters. The molecule has 0 bridgehead atoms. The predicted octanol–water partition coefficient (Wildman–Crippen LogP) is 2.79. The molecule has 1 aromatic carbocycles. The number of hydrogen-bond acceptors (Lipinski definition) is 1. The summed E-state index contributed by atoms with van der Waals surface area (Å²) in [5.74, 6) is -0.0675. The maximum atomic E-state index is 11.3. The summed E-state index contributed by atoms with van der Waals surface area (Å²) in [6.45, 7) is 10.6. The lowest BCUT2D eigenvalue weighted by atomic mass is 10.1. The van der Waals surface area contributed by atoms with E-state index in [0.717, 1.165) is 29.7 Å². The summed E-state index contributed by atoms with van der Waals surface area (Å²) in [4.78, 5) is 11.3. The number of fused-ring (bicyclic) bond motifs is 1. The van der Waals surface area contributed by atoms with Gasteiger partial charge in [-0.15, -0.1) is 4.68 Å². The molecule has 1 aromatic heterocycles. The normalized spacial score (nSPS) is 10.8. The van der Waals surface area contributed by atoms with Gasteiger partial charge in [0, 0.05) is 19.4 Å². The quantitative estimate of drug-likeness (QED) is 0.854. The predicted molar refractivity (Wildman–Crippen MR) is 82.5 cm³/mol. The molecule has 0 saturated carbocycles. The first-order valence-electron chi connectivity index (χ1n) is 6.92. The van der Waals surface area contributed by atoms with E-state index in [0.29, 0.717) is 0 Å². The number of benzene rings is 1. The van der Waals surface area contributed by atoms with Gasteiger partial charge in [0.2, 0.25) is 11.4 Å². The van der Waals surface area contributed by atoms with E-state index in [-0.39, 0.29) is 5.91 Å². The van der Waals surface area contributed by atoms with E-state index in [4.69, 9.17) is 0 Å². The number of aromatic nitrogens is 2. The summed E-state index contributed by atoms with van der Waals surface area (Å²) in [7, 11) is 2.07. The standard InChI is InChI=1S/C16H21N3O/c1-6-8-19-16-10-15(17-12(4)20)13(7-2)9-14(16)11(3)18(19)5/h7,9-10H,2,6,8H2,1,3-5H3/p+1. The van der Waals surface area contributed by atoms with Crippen LogP contribution in [0.4, 0.5) is 5.69 Å². The van der Waals surface area contributed by atoms with E-state index in [9.17, 15) is 4.79 Å². The molecule has 0 unspecified atom stereocenters. The van der Waals surface area contributed by atoms with Crippen LogP contribution in [0.15, 0.2) is 18.7 Å². The summed E-state index contributed by atoms with van der Waals surface area (Å²) in [6.07, 6.45) is 2.84. The number of rotatable bonds is 4. The highest BCUT2D eigenvalue weighted by Crippen LogP contribution is 2.26. The van der Waals surface area contributed by atoms with Gasteiger partial charge in [-0.3, -0.25) is 4.79 Å². The van der Waals surface area contributed by atoms with Gasteiger partial charge >= 0.3 is 0 Å². The van der Waals surface area contributed by atoms with Crippen LogP contribution in [0.5, 0.6) is 0 Å². The van der Waals surface area contributed by atoms with Crippen LogP contribution < -0.4 is 10.00 Å². The van der Waals surface area contributed by atoms with Gasteiger partial charge in [0.1, 0.15) is 0 Å². The molecule has 106 valence electrons. The Bertz CT molecular complexity index is 683. The number of anilines is 1. The smallest absolute Gasteiger partial charge is 0.240 e. The first-order valence-corrected chi connectivity index (χ1v) is 6.92. The van der Waals surface area contributed by atoms with Crippen LogP contribution in [0.1, 0.15) is 31.5 Å². The average Bonchev–Trinajstić information content (AvgIpc) is 2.63. The molecule has 1 heterocycles. The van der Waals surface area contributed by atoms with Crippen molar-refractivity contribution in [3.63, 3.8) is 0 Å². The molecule has 4 heteroatoms. The van der Waals surface area contributed by atoms with Gasteiger partial charge < -0.3 is 5.32 Å². The van der Waals surface area contributed by atoms with Gasteiger partial charge in [-0.1, -0.05) is 19.6 Å². The topological polar surface area (TPSA) is 37.9 Å². The zero-order valence-corrected chi connectivity index (χ0v) is 12.7. The molecule has 0 saturated heterocycles. The number of carbonyl (C=O) groups is 1. The maximum Gasteiger partial charge on any atom is 0.240 e. The highest BCUT2D eigenvalue weighted by atomic mass is 16.1. The monoisotopic (exact) mass is 272 g/mol. The molecule has 0 aliphatic carbocycles. The molecule has 4 nitrogen and oxygen atoms in total. The van der Waals surface area contributed by atoms with Gasteiger partial charge in [-0.05, 0) is 18.6 Å². The van der Waals surface area contributed by atoms with Crippen molar-refractivity contribution in [3.05, 3.63) is 30.0 Å². The number of nitrogens with zero attached hydrogens (tertiary/aromatic N) is 2. The van der Waals surface area contributed by atoms with Crippen molar-refractivity contribution >= 4 is 28.6 Å². The Morgan fingerprint density at radius 1 is 1.50 bits per heavy atom. The molecule has 0 fully saturated rings. The molecule has 0 spiro atoms. The third-order valence-corrected chi connectivity index (χ3v) is 3.65. The third-order valence-electron chi connectivity index (χ3n) is 3.65. The van der Waals surface area contributed by atoms with Gasteiger partial charge in [0.15, 0.2) is 6.54 Å². The third kappa shape index (κ3) is 2.33.